The Kier molecular flexibility index (Phi) is 26.4. The lowest BCUT2D eigenvalue weighted by atomic mass is 9.78. The number of hydrogen-bond donors (Lipinski definition) is 2. The summed E-state index contributed by atoms with van der Waals surface area (Å²) in [5.74, 6) is -6.73. The molecule has 0 aromatic heterocycles. The predicted molar refractivity (Wildman–Crippen MR) is 289 cm³/mol. The van der Waals surface area contributed by atoms with Gasteiger partial charge in [-0.25, -0.2) is 4.79 Å². The molecule has 4 rings (SSSR count). The lowest BCUT2D eigenvalue weighted by Gasteiger charge is -2.44. The second kappa shape index (κ2) is 30.8. The van der Waals surface area contributed by atoms with Crippen LogP contribution in [-0.2, 0) is 61.6 Å². The summed E-state index contributed by atoms with van der Waals surface area (Å²) in [6, 6.07) is -1.14. The smallest absolute Gasteiger partial charge is 0.329 e. The molecule has 1 saturated carbocycles. The molecule has 75 heavy (non-hydrogen) atoms. The molecule has 3 aliphatic heterocycles. The van der Waals surface area contributed by atoms with Gasteiger partial charge in [0, 0.05) is 59.5 Å². The van der Waals surface area contributed by atoms with Crippen LogP contribution in [0.2, 0.25) is 18.1 Å². The summed E-state index contributed by atoms with van der Waals surface area (Å²) < 4.78 is 48.1. The molecule has 3 heterocycles. The van der Waals surface area contributed by atoms with E-state index in [9.17, 15) is 34.2 Å². The molecule has 3 fully saturated rings. The maximum absolute atomic E-state index is 14.6. The highest BCUT2D eigenvalue weighted by Gasteiger charge is 2.53. The highest BCUT2D eigenvalue weighted by molar-refractivity contribution is 6.74. The van der Waals surface area contributed by atoms with E-state index in [0.717, 1.165) is 24.8 Å². The number of rotatable bonds is 14. The van der Waals surface area contributed by atoms with Crippen LogP contribution in [0.15, 0.2) is 47.6 Å². The van der Waals surface area contributed by atoms with E-state index in [1.807, 2.05) is 44.2 Å². The van der Waals surface area contributed by atoms with Gasteiger partial charge in [0.2, 0.25) is 5.79 Å². The number of ether oxygens (including phenoxy) is 7. The quantitative estimate of drug-likeness (QED) is 0.0551. The third kappa shape index (κ3) is 19.0. The predicted octanol–water partition coefficient (Wildman–Crippen LogP) is 8.51. The number of aliphatic hydroxyl groups excluding tert-OH is 1. The van der Waals surface area contributed by atoms with Crippen LogP contribution in [0.25, 0.3) is 0 Å². The number of piperidine rings is 1. The van der Waals surface area contributed by atoms with Crippen LogP contribution < -0.4 is 0 Å². The average molecular weight is 1070 g/mol. The van der Waals surface area contributed by atoms with Gasteiger partial charge in [-0.1, -0.05) is 71.1 Å². The topological polar surface area (TPSA) is 203 Å². The van der Waals surface area contributed by atoms with Crippen LogP contribution in [0.1, 0.15) is 145 Å². The molecule has 1 amide bonds. The number of cyclic esters (lactones) is 1. The van der Waals surface area contributed by atoms with Gasteiger partial charge in [-0.15, -0.1) is 0 Å². The minimum absolute atomic E-state index is 0.0309. The van der Waals surface area contributed by atoms with Gasteiger partial charge in [0.15, 0.2) is 14.1 Å². The molecular weight excluding hydrogens is 979 g/mol. The van der Waals surface area contributed by atoms with Crippen molar-refractivity contribution in [2.75, 3.05) is 54.3 Å². The molecule has 1 aliphatic carbocycles. The maximum Gasteiger partial charge on any atom is 0.329 e. The lowest BCUT2D eigenvalue weighted by Crippen LogP contribution is -2.61. The number of fused-ring (bicyclic) bond motifs is 3. The molecule has 17 heteroatoms. The Morgan fingerprint density at radius 3 is 2.29 bits per heavy atom. The number of nitrogens with zero attached hydrogens (tertiary/aromatic N) is 1. The Balaban J connectivity index is 1.65. The van der Waals surface area contributed by atoms with E-state index >= 15 is 0 Å². The zero-order valence-electron chi connectivity index (χ0n) is 47.6. The molecule has 2 saturated heterocycles. The highest BCUT2D eigenvalue weighted by Crippen LogP contribution is 2.42. The van der Waals surface area contributed by atoms with Gasteiger partial charge in [-0.2, -0.15) is 0 Å². The molecule has 426 valence electrons. The number of aliphatic hydroxyl groups is 2. The minimum atomic E-state index is -2.46. The zero-order chi connectivity index (χ0) is 55.5. The first-order chi connectivity index (χ1) is 35.5. The fraction of sp³-hybridized carbons (Fsp3) is 0.776. The van der Waals surface area contributed by atoms with Gasteiger partial charge in [-0.05, 0) is 126 Å². The van der Waals surface area contributed by atoms with Crippen molar-refractivity contribution in [3.63, 3.8) is 0 Å². The molecule has 2 unspecified atom stereocenters. The van der Waals surface area contributed by atoms with Crippen molar-refractivity contribution in [2.45, 2.75) is 217 Å². The van der Waals surface area contributed by atoms with Crippen molar-refractivity contribution in [2.24, 2.45) is 17.8 Å². The lowest BCUT2D eigenvalue weighted by molar-refractivity contribution is -0.266. The summed E-state index contributed by atoms with van der Waals surface area (Å²) in [6.07, 6.45) is 13.0. The molecule has 12 atom stereocenters. The normalized spacial score (nSPS) is 33.0. The van der Waals surface area contributed by atoms with Gasteiger partial charge in [0.1, 0.15) is 30.1 Å². The number of carbonyl (C=O) groups is 5. The number of hydrogen-bond acceptors (Lipinski definition) is 15. The van der Waals surface area contributed by atoms with Crippen molar-refractivity contribution in [3.05, 3.63) is 47.6 Å². The van der Waals surface area contributed by atoms with Crippen LogP contribution in [-0.4, -0.2) is 162 Å². The number of ketones is 3. The van der Waals surface area contributed by atoms with Gasteiger partial charge in [-0.3, -0.25) is 19.2 Å². The fourth-order valence-corrected chi connectivity index (χ4v) is 11.8. The number of carbonyl (C=O) groups excluding carboxylic acids is 5. The fourth-order valence-electron chi connectivity index (χ4n) is 10.4. The van der Waals surface area contributed by atoms with Crippen molar-refractivity contribution >= 4 is 37.5 Å². The molecule has 2 N–H and O–H groups in total. The van der Waals surface area contributed by atoms with Gasteiger partial charge >= 0.3 is 5.97 Å². The van der Waals surface area contributed by atoms with Gasteiger partial charge < -0.3 is 52.7 Å². The first kappa shape index (κ1) is 64.3. The van der Waals surface area contributed by atoms with Crippen molar-refractivity contribution in [1.82, 2.24) is 4.90 Å². The Morgan fingerprint density at radius 1 is 0.867 bits per heavy atom. The van der Waals surface area contributed by atoms with E-state index in [1.165, 1.54) is 12.0 Å². The van der Waals surface area contributed by atoms with Gasteiger partial charge in [0.05, 0.1) is 50.8 Å². The molecule has 2 bridgehead atoms. The Labute approximate surface area is 449 Å². The summed E-state index contributed by atoms with van der Waals surface area (Å²) in [7, 11) is 2.60. The molecule has 0 spiro atoms. The monoisotopic (exact) mass is 1070 g/mol. The zero-order valence-corrected chi connectivity index (χ0v) is 48.6. The summed E-state index contributed by atoms with van der Waals surface area (Å²) in [5, 5.41) is 23.5. The maximum atomic E-state index is 14.6. The summed E-state index contributed by atoms with van der Waals surface area (Å²) in [6.45, 7) is 19.9. The number of allylic oxidation sites excluding steroid dienone is 6. The van der Waals surface area contributed by atoms with Crippen LogP contribution >= 0.6 is 0 Å². The van der Waals surface area contributed by atoms with Crippen LogP contribution in [0.5, 0.6) is 0 Å². The summed E-state index contributed by atoms with van der Waals surface area (Å²) >= 11 is 0. The van der Waals surface area contributed by atoms with E-state index in [1.54, 1.807) is 34.1 Å². The van der Waals surface area contributed by atoms with Crippen LogP contribution in [0, 0.1) is 17.8 Å². The summed E-state index contributed by atoms with van der Waals surface area (Å²) in [5.41, 5.74) is 1.26. The van der Waals surface area contributed by atoms with Crippen molar-refractivity contribution in [3.8, 4) is 0 Å². The second-order valence-electron chi connectivity index (χ2n) is 23.1. The molecular formula is C58H95NO15Si. The first-order valence-corrected chi connectivity index (χ1v) is 30.6. The Morgan fingerprint density at radius 2 is 1.60 bits per heavy atom. The molecule has 0 radical (unpaired) electrons. The third-order valence-corrected chi connectivity index (χ3v) is 20.9. The SMILES string of the molecule is COCCOCCOC1C[C@@H]2CC[C@@H](C)[C@@](O)(O2)C(=O)C(=O)N2CCCC[C@H]2C(=O)O[C@H]([C@H](C)C[C@@H]2CCC(O[Si](C)(C)C(C)(C)C)[C@H](OC)C2)CC(=O)C/C=C(\C)[C@@H](O)[C@@H](OC)C(=O)CCC/C=C/C=CC=C1C. The number of esters is 1. The number of Topliss-reactive ketones (excluding diaryl/α,β-unsaturated/α-hetero) is 3. The second-order valence-corrected chi connectivity index (χ2v) is 27.8. The van der Waals surface area contributed by atoms with E-state index in [-0.39, 0.29) is 85.9 Å². The molecule has 0 aromatic rings. The third-order valence-electron chi connectivity index (χ3n) is 16.4. The number of methoxy groups -OCH3 is 3. The van der Waals surface area contributed by atoms with Crippen LogP contribution in [0.3, 0.4) is 0 Å². The summed E-state index contributed by atoms with van der Waals surface area (Å²) in [4.78, 5) is 72.1. The van der Waals surface area contributed by atoms with Crippen molar-refractivity contribution in [1.29, 1.82) is 0 Å². The minimum Gasteiger partial charge on any atom is -0.460 e. The van der Waals surface area contributed by atoms with Gasteiger partial charge in [0.25, 0.3) is 11.7 Å². The van der Waals surface area contributed by atoms with E-state index in [0.29, 0.717) is 70.3 Å². The largest absolute Gasteiger partial charge is 0.460 e. The highest BCUT2D eigenvalue weighted by atomic mass is 28.4. The molecule has 0 aromatic carbocycles. The number of amides is 1. The van der Waals surface area contributed by atoms with Crippen molar-refractivity contribution < 1.29 is 71.8 Å². The van der Waals surface area contributed by atoms with Crippen LogP contribution in [0.4, 0.5) is 0 Å². The standard InChI is InChI=1S/C58H95NO15Si/c1-39-21-17-15-13-14-16-18-23-47(61)53(69-10)52(62)40(2)24-27-44(60)37-50(41(3)35-43-26-29-48(51(36-43)68-9)74-75(11,12)57(5,6)7)72-56(65)46-22-19-20-30-59(46)55(64)54(63)58(66)42(4)25-28-45(73-58)38-49(39)71-34-33-70-32-31-67-8/h13-15,17,21,24,41-43,45-46,48-53,62,66H,16,18-20,22-23,25-38H2,1-12H3/b14-13+,17-15?,39-21?,40-24+/t41-,42-,43+,45+,46+,48?,49?,50+,51-,52-,53+,58-/m1/s1. The van der Waals surface area contributed by atoms with E-state index < -0.39 is 74.2 Å². The van der Waals surface area contributed by atoms with E-state index in [2.05, 4.69) is 33.9 Å². The Hall–Kier alpha value is -3.23. The molecule has 16 nitrogen and oxygen atoms in total. The average Bonchev–Trinajstić information content (AvgIpc) is 3.37. The first-order valence-electron chi connectivity index (χ1n) is 27.7. The Bertz CT molecular complexity index is 1980. The van der Waals surface area contributed by atoms with E-state index in [4.69, 9.17) is 37.6 Å². The molecule has 4 aliphatic rings.